The number of nitrogens with one attached hydrogen (secondary N) is 1. The fraction of sp³-hybridized carbons (Fsp3) is 0.769. The lowest BCUT2D eigenvalue weighted by Crippen LogP contribution is -2.28. The smallest absolute Gasteiger partial charge is 0.160 e. The summed E-state index contributed by atoms with van der Waals surface area (Å²) in [6.07, 6.45) is 8.62. The number of hydrogen-bond donors (Lipinski definition) is 1. The molecule has 0 aromatic carbocycles. The zero-order valence-electron chi connectivity index (χ0n) is 10.0. The Labute approximate surface area is 93.1 Å². The molecule has 1 aliphatic carbocycles. The van der Waals surface area contributed by atoms with Crippen molar-refractivity contribution in [2.24, 2.45) is 0 Å². The molecule has 2 heteroatoms. The van der Waals surface area contributed by atoms with Gasteiger partial charge in [-0.1, -0.05) is 19.4 Å². The van der Waals surface area contributed by atoms with Gasteiger partial charge in [-0.05, 0) is 44.7 Å². The van der Waals surface area contributed by atoms with Crippen LogP contribution in [-0.4, -0.2) is 18.4 Å². The van der Waals surface area contributed by atoms with Crippen LogP contribution in [0.3, 0.4) is 0 Å². The molecule has 0 aromatic heterocycles. The Kier molecular flexibility index (Phi) is 5.62. The molecule has 1 rings (SSSR count). The van der Waals surface area contributed by atoms with Gasteiger partial charge in [-0.15, -0.1) is 0 Å². The van der Waals surface area contributed by atoms with Crippen LogP contribution in [-0.2, 0) is 4.79 Å². The minimum atomic E-state index is 0.312. The Bertz CT molecular complexity index is 233. The Morgan fingerprint density at radius 3 is 3.00 bits per heavy atom. The molecule has 0 saturated heterocycles. The van der Waals surface area contributed by atoms with Gasteiger partial charge in [-0.2, -0.15) is 0 Å². The van der Waals surface area contributed by atoms with Crippen LogP contribution in [0.1, 0.15) is 52.4 Å². The van der Waals surface area contributed by atoms with Crippen molar-refractivity contribution in [3.63, 3.8) is 0 Å². The molecule has 0 heterocycles. The molecule has 0 aliphatic heterocycles. The molecular weight excluding hydrogens is 186 g/mol. The van der Waals surface area contributed by atoms with Gasteiger partial charge >= 0.3 is 0 Å². The van der Waals surface area contributed by atoms with Gasteiger partial charge in [0.25, 0.3) is 0 Å². The fourth-order valence-corrected chi connectivity index (χ4v) is 2.10. The van der Waals surface area contributed by atoms with Gasteiger partial charge in [0, 0.05) is 12.5 Å². The number of allylic oxidation sites excluding steroid dienone is 2. The van der Waals surface area contributed by atoms with E-state index in [0.29, 0.717) is 18.2 Å². The molecule has 0 fully saturated rings. The summed E-state index contributed by atoms with van der Waals surface area (Å²) in [6.45, 7) is 5.10. The van der Waals surface area contributed by atoms with E-state index in [9.17, 15) is 4.79 Å². The van der Waals surface area contributed by atoms with Crippen LogP contribution in [0.25, 0.3) is 0 Å². The van der Waals surface area contributed by atoms with Crippen LogP contribution in [0.4, 0.5) is 0 Å². The molecule has 1 atom stereocenters. The molecule has 0 amide bonds. The SMILES string of the molecule is CCNC(C)CC(=O)C1=CCCCCC1. The Morgan fingerprint density at radius 1 is 1.47 bits per heavy atom. The number of hydrogen-bond acceptors (Lipinski definition) is 2. The van der Waals surface area contributed by atoms with Gasteiger partial charge < -0.3 is 5.32 Å². The van der Waals surface area contributed by atoms with Crippen molar-refractivity contribution in [1.82, 2.24) is 5.32 Å². The average molecular weight is 209 g/mol. The van der Waals surface area contributed by atoms with Gasteiger partial charge in [-0.25, -0.2) is 0 Å². The van der Waals surface area contributed by atoms with Crippen LogP contribution in [0, 0.1) is 0 Å². The lowest BCUT2D eigenvalue weighted by atomic mass is 10.0. The second-order valence-corrected chi connectivity index (χ2v) is 4.41. The summed E-state index contributed by atoms with van der Waals surface area (Å²) in [4.78, 5) is 11.9. The molecule has 2 nitrogen and oxygen atoms in total. The van der Waals surface area contributed by atoms with Gasteiger partial charge in [0.1, 0.15) is 0 Å². The number of ketones is 1. The highest BCUT2D eigenvalue weighted by atomic mass is 16.1. The molecule has 0 aromatic rings. The van der Waals surface area contributed by atoms with E-state index in [4.69, 9.17) is 0 Å². The van der Waals surface area contributed by atoms with E-state index >= 15 is 0 Å². The maximum absolute atomic E-state index is 11.9. The average Bonchev–Trinajstić information content (AvgIpc) is 2.45. The Hall–Kier alpha value is -0.630. The summed E-state index contributed by atoms with van der Waals surface area (Å²) in [5, 5.41) is 3.28. The van der Waals surface area contributed by atoms with Crippen LogP contribution >= 0.6 is 0 Å². The van der Waals surface area contributed by atoms with Crippen LogP contribution < -0.4 is 5.32 Å². The highest BCUT2D eigenvalue weighted by Crippen LogP contribution is 2.19. The van der Waals surface area contributed by atoms with Crippen molar-refractivity contribution in [2.75, 3.05) is 6.54 Å². The maximum Gasteiger partial charge on any atom is 0.160 e. The minimum Gasteiger partial charge on any atom is -0.314 e. The zero-order chi connectivity index (χ0) is 11.1. The first-order valence-corrected chi connectivity index (χ1v) is 6.19. The van der Waals surface area contributed by atoms with E-state index in [-0.39, 0.29) is 0 Å². The molecule has 0 bridgehead atoms. The molecule has 0 spiro atoms. The predicted molar refractivity (Wildman–Crippen MR) is 63.9 cm³/mol. The summed E-state index contributed by atoms with van der Waals surface area (Å²) >= 11 is 0. The van der Waals surface area contributed by atoms with Crippen LogP contribution in [0.2, 0.25) is 0 Å². The third kappa shape index (κ3) is 4.61. The van der Waals surface area contributed by atoms with Gasteiger partial charge in [-0.3, -0.25) is 4.79 Å². The summed E-state index contributed by atoms with van der Waals surface area (Å²) < 4.78 is 0. The van der Waals surface area contributed by atoms with Gasteiger partial charge in [0.2, 0.25) is 0 Å². The monoisotopic (exact) mass is 209 g/mol. The second kappa shape index (κ2) is 6.78. The largest absolute Gasteiger partial charge is 0.314 e. The van der Waals surface area contributed by atoms with E-state index in [1.807, 2.05) is 0 Å². The summed E-state index contributed by atoms with van der Waals surface area (Å²) in [7, 11) is 0. The minimum absolute atomic E-state index is 0.312. The zero-order valence-corrected chi connectivity index (χ0v) is 10.0. The van der Waals surface area contributed by atoms with Crippen molar-refractivity contribution >= 4 is 5.78 Å². The maximum atomic E-state index is 11.9. The lowest BCUT2D eigenvalue weighted by Gasteiger charge is -2.12. The van der Waals surface area contributed by atoms with Gasteiger partial charge in [0.15, 0.2) is 5.78 Å². The summed E-state index contributed by atoms with van der Waals surface area (Å²) in [5.74, 6) is 0.352. The molecule has 86 valence electrons. The predicted octanol–water partition coefficient (Wildman–Crippen LogP) is 2.83. The topological polar surface area (TPSA) is 29.1 Å². The third-order valence-electron chi connectivity index (χ3n) is 2.94. The second-order valence-electron chi connectivity index (χ2n) is 4.41. The van der Waals surface area contributed by atoms with Crippen molar-refractivity contribution in [1.29, 1.82) is 0 Å². The normalized spacial score (nSPS) is 19.2. The number of carbonyl (C=O) groups is 1. The molecule has 0 saturated carbocycles. The standard InChI is InChI=1S/C13H23NO/c1-3-14-11(2)10-13(15)12-8-6-4-5-7-9-12/h8,11,14H,3-7,9-10H2,1-2H3. The molecule has 1 unspecified atom stereocenters. The highest BCUT2D eigenvalue weighted by molar-refractivity contribution is 5.95. The van der Waals surface area contributed by atoms with Crippen molar-refractivity contribution < 1.29 is 4.79 Å². The van der Waals surface area contributed by atoms with E-state index in [2.05, 4.69) is 25.2 Å². The number of Topliss-reactive ketones (excluding diaryl/α,β-unsaturated/α-hetero) is 1. The Morgan fingerprint density at radius 2 is 2.27 bits per heavy atom. The molecule has 0 radical (unpaired) electrons. The van der Waals surface area contributed by atoms with Crippen molar-refractivity contribution in [3.8, 4) is 0 Å². The van der Waals surface area contributed by atoms with Crippen LogP contribution in [0.5, 0.6) is 0 Å². The Balaban J connectivity index is 2.41. The third-order valence-corrected chi connectivity index (χ3v) is 2.94. The molecule has 15 heavy (non-hydrogen) atoms. The first-order valence-electron chi connectivity index (χ1n) is 6.19. The van der Waals surface area contributed by atoms with E-state index < -0.39 is 0 Å². The van der Waals surface area contributed by atoms with E-state index in [1.165, 1.54) is 19.3 Å². The van der Waals surface area contributed by atoms with Gasteiger partial charge in [0.05, 0.1) is 0 Å². The molecule has 1 aliphatic rings. The first-order chi connectivity index (χ1) is 7.24. The number of rotatable bonds is 5. The fourth-order valence-electron chi connectivity index (χ4n) is 2.10. The summed E-state index contributed by atoms with van der Waals surface area (Å²) in [5.41, 5.74) is 1.08. The quantitative estimate of drug-likeness (QED) is 0.754. The number of carbonyl (C=O) groups excluding carboxylic acids is 1. The lowest BCUT2D eigenvalue weighted by molar-refractivity contribution is -0.116. The van der Waals surface area contributed by atoms with Crippen molar-refractivity contribution in [2.45, 2.75) is 58.4 Å². The molecular formula is C13H23NO. The van der Waals surface area contributed by atoms with Crippen molar-refractivity contribution in [3.05, 3.63) is 11.6 Å². The van der Waals surface area contributed by atoms with E-state index in [1.54, 1.807) is 0 Å². The first kappa shape index (κ1) is 12.4. The van der Waals surface area contributed by atoms with Crippen LogP contribution in [0.15, 0.2) is 11.6 Å². The summed E-state index contributed by atoms with van der Waals surface area (Å²) in [6, 6.07) is 0.312. The van der Waals surface area contributed by atoms with E-state index in [0.717, 1.165) is 25.0 Å². The molecule has 1 N–H and O–H groups in total. The highest BCUT2D eigenvalue weighted by Gasteiger charge is 2.14.